The van der Waals surface area contributed by atoms with Gasteiger partial charge in [0, 0.05) is 30.7 Å². The molecule has 0 bridgehead atoms. The Morgan fingerprint density at radius 3 is 2.28 bits per heavy atom. The van der Waals surface area contributed by atoms with E-state index in [1.807, 2.05) is 42.5 Å². The monoisotopic (exact) mass is 385 g/mol. The molecular weight excluding hydrogens is 366 g/mol. The number of carbonyl (C=O) groups excluding carboxylic acids is 3. The summed E-state index contributed by atoms with van der Waals surface area (Å²) in [5.74, 6) is -0.934. The highest BCUT2D eigenvalue weighted by molar-refractivity contribution is 6.36. The maximum atomic E-state index is 12.8. The first-order chi connectivity index (χ1) is 14.0. The Balaban J connectivity index is 1.79. The zero-order chi connectivity index (χ0) is 20.5. The maximum Gasteiger partial charge on any atom is 0.277 e. The molecule has 144 valence electrons. The largest absolute Gasteiger partial charge is 0.350 e. The van der Waals surface area contributed by atoms with Gasteiger partial charge in [0.2, 0.25) is 5.91 Å². The molecule has 0 aliphatic carbocycles. The number of benzene rings is 3. The number of anilines is 2. The van der Waals surface area contributed by atoms with Crippen molar-refractivity contribution in [3.05, 3.63) is 78.0 Å². The van der Waals surface area contributed by atoms with Crippen molar-refractivity contribution in [3.63, 3.8) is 0 Å². The van der Waals surface area contributed by atoms with E-state index in [0.717, 1.165) is 21.4 Å². The standard InChI is InChI=1S/C23H19N3O3/c1-14(27)24-17-12-10-16(11-13-17)20-21(23(29)26(2)22(20)28)25-19-9-5-7-15-6-3-4-8-18(15)19/h3-13,25H,1-2H3,(H,24,27). The lowest BCUT2D eigenvalue weighted by Gasteiger charge is -2.11. The zero-order valence-corrected chi connectivity index (χ0v) is 16.0. The molecule has 3 amide bonds. The van der Waals surface area contributed by atoms with Crippen molar-refractivity contribution in [2.24, 2.45) is 0 Å². The molecule has 1 aliphatic rings. The summed E-state index contributed by atoms with van der Waals surface area (Å²) < 4.78 is 0. The Bertz CT molecular complexity index is 1170. The van der Waals surface area contributed by atoms with E-state index in [-0.39, 0.29) is 23.4 Å². The predicted molar refractivity (Wildman–Crippen MR) is 113 cm³/mol. The summed E-state index contributed by atoms with van der Waals surface area (Å²) in [6.45, 7) is 1.43. The first-order valence-electron chi connectivity index (χ1n) is 9.15. The minimum atomic E-state index is -0.385. The van der Waals surface area contributed by atoms with E-state index in [2.05, 4.69) is 10.6 Å². The lowest BCUT2D eigenvalue weighted by molar-refractivity contribution is -0.135. The second kappa shape index (κ2) is 7.24. The summed E-state index contributed by atoms with van der Waals surface area (Å²) in [5, 5.41) is 7.87. The number of fused-ring (bicyclic) bond motifs is 1. The van der Waals surface area contributed by atoms with Crippen LogP contribution in [0, 0.1) is 0 Å². The van der Waals surface area contributed by atoms with Crippen LogP contribution in [0.5, 0.6) is 0 Å². The molecule has 4 rings (SSSR count). The van der Waals surface area contributed by atoms with E-state index >= 15 is 0 Å². The number of nitrogens with zero attached hydrogens (tertiary/aromatic N) is 1. The van der Waals surface area contributed by atoms with Crippen LogP contribution in [0.1, 0.15) is 12.5 Å². The minimum Gasteiger partial charge on any atom is -0.350 e. The van der Waals surface area contributed by atoms with Gasteiger partial charge in [-0.1, -0.05) is 48.5 Å². The van der Waals surface area contributed by atoms with Gasteiger partial charge in [-0.2, -0.15) is 0 Å². The van der Waals surface area contributed by atoms with Gasteiger partial charge >= 0.3 is 0 Å². The fraction of sp³-hybridized carbons (Fsp3) is 0.0870. The lowest BCUT2D eigenvalue weighted by Crippen LogP contribution is -2.27. The van der Waals surface area contributed by atoms with Gasteiger partial charge in [0.25, 0.3) is 11.8 Å². The van der Waals surface area contributed by atoms with Crippen LogP contribution in [-0.2, 0) is 14.4 Å². The molecule has 0 saturated heterocycles. The Kier molecular flexibility index (Phi) is 4.60. The van der Waals surface area contributed by atoms with E-state index in [1.165, 1.54) is 14.0 Å². The molecule has 29 heavy (non-hydrogen) atoms. The summed E-state index contributed by atoms with van der Waals surface area (Å²) in [7, 11) is 1.47. The average molecular weight is 385 g/mol. The van der Waals surface area contributed by atoms with Crippen LogP contribution in [0.15, 0.2) is 72.4 Å². The minimum absolute atomic E-state index is 0.179. The maximum absolute atomic E-state index is 12.8. The molecule has 6 nitrogen and oxygen atoms in total. The molecule has 0 unspecified atom stereocenters. The number of rotatable bonds is 4. The van der Waals surface area contributed by atoms with E-state index < -0.39 is 0 Å². The molecule has 0 spiro atoms. The third kappa shape index (κ3) is 3.36. The number of amides is 3. The average Bonchev–Trinajstić information content (AvgIpc) is 2.92. The molecule has 0 atom stereocenters. The fourth-order valence-corrected chi connectivity index (χ4v) is 3.42. The number of carbonyl (C=O) groups is 3. The van der Waals surface area contributed by atoms with Crippen LogP contribution in [0.3, 0.4) is 0 Å². The highest BCUT2D eigenvalue weighted by atomic mass is 16.2. The van der Waals surface area contributed by atoms with Crippen molar-refractivity contribution in [3.8, 4) is 0 Å². The van der Waals surface area contributed by atoms with Gasteiger partial charge in [0.1, 0.15) is 5.70 Å². The van der Waals surface area contributed by atoms with Crippen LogP contribution in [0.2, 0.25) is 0 Å². The van der Waals surface area contributed by atoms with Crippen molar-refractivity contribution >= 4 is 45.4 Å². The number of hydrogen-bond donors (Lipinski definition) is 2. The summed E-state index contributed by atoms with van der Waals surface area (Å²) in [6.07, 6.45) is 0. The van der Waals surface area contributed by atoms with Crippen LogP contribution in [-0.4, -0.2) is 29.7 Å². The quantitative estimate of drug-likeness (QED) is 0.673. The molecular formula is C23H19N3O3. The van der Waals surface area contributed by atoms with Crippen LogP contribution in [0.4, 0.5) is 11.4 Å². The van der Waals surface area contributed by atoms with E-state index in [1.54, 1.807) is 24.3 Å². The van der Waals surface area contributed by atoms with Gasteiger partial charge in [-0.3, -0.25) is 19.3 Å². The smallest absolute Gasteiger partial charge is 0.277 e. The second-order valence-corrected chi connectivity index (χ2v) is 6.83. The highest BCUT2D eigenvalue weighted by Crippen LogP contribution is 2.32. The molecule has 0 aromatic heterocycles. The summed E-state index contributed by atoms with van der Waals surface area (Å²) >= 11 is 0. The van der Waals surface area contributed by atoms with Crippen molar-refractivity contribution in [2.75, 3.05) is 17.7 Å². The normalized spacial score (nSPS) is 13.9. The third-order valence-electron chi connectivity index (χ3n) is 4.83. The van der Waals surface area contributed by atoms with Gasteiger partial charge in [0.15, 0.2) is 0 Å². The van der Waals surface area contributed by atoms with Crippen molar-refractivity contribution in [1.82, 2.24) is 4.90 Å². The first kappa shape index (κ1) is 18.4. The molecule has 3 aromatic carbocycles. The van der Waals surface area contributed by atoms with Crippen molar-refractivity contribution in [1.29, 1.82) is 0 Å². The SMILES string of the molecule is CC(=O)Nc1ccc(C2=C(Nc3cccc4ccccc34)C(=O)N(C)C2=O)cc1. The highest BCUT2D eigenvalue weighted by Gasteiger charge is 2.36. The predicted octanol–water partition coefficient (Wildman–Crippen LogP) is 3.62. The van der Waals surface area contributed by atoms with Crippen molar-refractivity contribution < 1.29 is 14.4 Å². The number of likely N-dealkylation sites (N-methyl/N-ethyl adjacent to an activating group) is 1. The second-order valence-electron chi connectivity index (χ2n) is 6.83. The molecule has 0 radical (unpaired) electrons. The fourth-order valence-electron chi connectivity index (χ4n) is 3.42. The Labute approximate surface area is 167 Å². The van der Waals surface area contributed by atoms with Crippen molar-refractivity contribution in [2.45, 2.75) is 6.92 Å². The van der Waals surface area contributed by atoms with Gasteiger partial charge < -0.3 is 10.6 Å². The van der Waals surface area contributed by atoms with Gasteiger partial charge in [-0.05, 0) is 29.1 Å². The number of imide groups is 1. The van der Waals surface area contributed by atoms with Gasteiger partial charge in [0.05, 0.1) is 5.57 Å². The Hall–Kier alpha value is -3.93. The molecule has 1 heterocycles. The summed E-state index contributed by atoms with van der Waals surface area (Å²) in [6, 6.07) is 20.4. The molecule has 0 fully saturated rings. The summed E-state index contributed by atoms with van der Waals surface area (Å²) in [4.78, 5) is 37.9. The summed E-state index contributed by atoms with van der Waals surface area (Å²) in [5.41, 5.74) is 2.52. The number of hydrogen-bond acceptors (Lipinski definition) is 4. The van der Waals surface area contributed by atoms with E-state index in [4.69, 9.17) is 0 Å². The Morgan fingerprint density at radius 2 is 1.55 bits per heavy atom. The molecule has 2 N–H and O–H groups in total. The van der Waals surface area contributed by atoms with Gasteiger partial charge in [-0.25, -0.2) is 0 Å². The molecule has 1 aliphatic heterocycles. The molecule has 3 aromatic rings. The van der Waals surface area contributed by atoms with E-state index in [9.17, 15) is 14.4 Å². The first-order valence-corrected chi connectivity index (χ1v) is 9.15. The Morgan fingerprint density at radius 1 is 0.862 bits per heavy atom. The molecule has 6 heteroatoms. The van der Waals surface area contributed by atoms with Gasteiger partial charge in [-0.15, -0.1) is 0 Å². The van der Waals surface area contributed by atoms with Crippen LogP contribution >= 0.6 is 0 Å². The number of nitrogens with one attached hydrogen (secondary N) is 2. The lowest BCUT2D eigenvalue weighted by atomic mass is 10.0. The third-order valence-corrected chi connectivity index (χ3v) is 4.83. The zero-order valence-electron chi connectivity index (χ0n) is 16.0. The topological polar surface area (TPSA) is 78.5 Å². The van der Waals surface area contributed by atoms with Crippen LogP contribution in [0.25, 0.3) is 16.3 Å². The van der Waals surface area contributed by atoms with Crippen LogP contribution < -0.4 is 10.6 Å². The van der Waals surface area contributed by atoms with E-state index in [0.29, 0.717) is 16.8 Å². The molecule has 0 saturated carbocycles.